The van der Waals surface area contributed by atoms with E-state index in [1.807, 2.05) is 0 Å². The molecule has 3 unspecified atom stereocenters. The molecule has 2 aliphatic rings. The van der Waals surface area contributed by atoms with Gasteiger partial charge in [0.15, 0.2) is 5.78 Å². The minimum Gasteiger partial charge on any atom is -0.294 e. The van der Waals surface area contributed by atoms with Gasteiger partial charge in [-0.1, -0.05) is 6.42 Å². The third-order valence-electron chi connectivity index (χ3n) is 4.76. The predicted molar refractivity (Wildman–Crippen MR) is 67.1 cm³/mol. The van der Waals surface area contributed by atoms with Gasteiger partial charge in [0.1, 0.15) is 0 Å². The predicted octanol–water partition coefficient (Wildman–Crippen LogP) is 4.11. The summed E-state index contributed by atoms with van der Waals surface area (Å²) in [4.78, 5) is 15.9. The van der Waals surface area contributed by atoms with E-state index in [4.69, 9.17) is 0 Å². The summed E-state index contributed by atoms with van der Waals surface area (Å²) in [7, 11) is 0. The second-order valence-corrected chi connectivity index (χ2v) is 5.98. The van der Waals surface area contributed by atoms with Gasteiger partial charge in [-0.3, -0.25) is 9.78 Å². The summed E-state index contributed by atoms with van der Waals surface area (Å²) < 4.78 is 38.7. The van der Waals surface area contributed by atoms with Gasteiger partial charge in [0, 0.05) is 24.4 Å². The van der Waals surface area contributed by atoms with E-state index in [1.54, 1.807) is 0 Å². The number of pyridine rings is 1. The van der Waals surface area contributed by atoms with E-state index in [-0.39, 0.29) is 17.9 Å². The molecule has 1 aromatic heterocycles. The number of fused-ring (bicyclic) bond motifs is 2. The summed E-state index contributed by atoms with van der Waals surface area (Å²) in [5.74, 6) is 1.08. The second kappa shape index (κ2) is 4.86. The molecule has 5 heteroatoms. The van der Waals surface area contributed by atoms with Crippen LogP contribution in [0.15, 0.2) is 18.5 Å². The highest BCUT2D eigenvalue weighted by Gasteiger charge is 2.41. The van der Waals surface area contributed by atoms with Crippen LogP contribution in [0.4, 0.5) is 13.2 Å². The van der Waals surface area contributed by atoms with Crippen LogP contribution in [0.1, 0.15) is 48.0 Å². The number of ketones is 1. The van der Waals surface area contributed by atoms with Gasteiger partial charge in [-0.25, -0.2) is 0 Å². The highest BCUT2D eigenvalue weighted by atomic mass is 19.4. The molecule has 2 nitrogen and oxygen atoms in total. The lowest BCUT2D eigenvalue weighted by molar-refractivity contribution is -0.138. The summed E-state index contributed by atoms with van der Waals surface area (Å²) >= 11 is 0. The van der Waals surface area contributed by atoms with Crippen molar-refractivity contribution < 1.29 is 18.0 Å². The maximum atomic E-state index is 12.9. The first-order chi connectivity index (χ1) is 9.45. The number of Topliss-reactive ketones (excluding diaryl/α,β-unsaturated/α-hetero) is 1. The Morgan fingerprint density at radius 2 is 2.10 bits per heavy atom. The van der Waals surface area contributed by atoms with Gasteiger partial charge in [0.2, 0.25) is 0 Å². The fourth-order valence-electron chi connectivity index (χ4n) is 3.84. The van der Waals surface area contributed by atoms with Gasteiger partial charge in [-0.15, -0.1) is 0 Å². The van der Waals surface area contributed by atoms with E-state index in [0.29, 0.717) is 11.8 Å². The van der Waals surface area contributed by atoms with Crippen molar-refractivity contribution in [1.29, 1.82) is 0 Å². The third-order valence-corrected chi connectivity index (χ3v) is 4.76. The molecule has 0 spiro atoms. The molecule has 0 radical (unpaired) electrons. The molecule has 2 saturated carbocycles. The molecule has 20 heavy (non-hydrogen) atoms. The number of aromatic nitrogens is 1. The number of hydrogen-bond acceptors (Lipinski definition) is 2. The van der Waals surface area contributed by atoms with E-state index in [2.05, 4.69) is 4.98 Å². The van der Waals surface area contributed by atoms with Crippen molar-refractivity contribution in [3.05, 3.63) is 29.6 Å². The van der Waals surface area contributed by atoms with Gasteiger partial charge in [-0.05, 0) is 43.1 Å². The smallest absolute Gasteiger partial charge is 0.294 e. The maximum Gasteiger partial charge on any atom is 0.417 e. The molecule has 2 fully saturated rings. The van der Waals surface area contributed by atoms with Gasteiger partial charge >= 0.3 is 6.18 Å². The molecule has 0 amide bonds. The van der Waals surface area contributed by atoms with E-state index in [0.717, 1.165) is 37.7 Å². The topological polar surface area (TPSA) is 30.0 Å². The summed E-state index contributed by atoms with van der Waals surface area (Å²) in [6.45, 7) is 0. The molecule has 2 bridgehead atoms. The summed E-state index contributed by atoms with van der Waals surface area (Å²) in [5.41, 5.74) is -1.14. The number of hydrogen-bond donors (Lipinski definition) is 0. The summed E-state index contributed by atoms with van der Waals surface area (Å²) in [6.07, 6.45) is 2.36. The Balaban J connectivity index is 1.78. The fraction of sp³-hybridized carbons (Fsp3) is 0.600. The lowest BCUT2D eigenvalue weighted by Crippen LogP contribution is -2.19. The minimum atomic E-state index is -4.50. The zero-order valence-corrected chi connectivity index (χ0v) is 11.0. The van der Waals surface area contributed by atoms with Crippen LogP contribution in [-0.2, 0) is 6.18 Å². The molecule has 0 saturated heterocycles. The zero-order valence-electron chi connectivity index (χ0n) is 11.0. The van der Waals surface area contributed by atoms with Crippen molar-refractivity contribution in [2.45, 2.75) is 38.3 Å². The molecule has 1 heterocycles. The van der Waals surface area contributed by atoms with Crippen LogP contribution in [0.5, 0.6) is 0 Å². The zero-order chi connectivity index (χ0) is 14.3. The molecule has 3 rings (SSSR count). The Hall–Kier alpha value is -1.39. The van der Waals surface area contributed by atoms with Crippen LogP contribution in [0.25, 0.3) is 0 Å². The molecule has 0 aliphatic heterocycles. The highest BCUT2D eigenvalue weighted by Crippen LogP contribution is 2.50. The Labute approximate surface area is 115 Å². The van der Waals surface area contributed by atoms with Crippen LogP contribution in [0, 0.1) is 17.8 Å². The Morgan fingerprint density at radius 3 is 2.70 bits per heavy atom. The van der Waals surface area contributed by atoms with Crippen LogP contribution in [0.2, 0.25) is 0 Å². The van der Waals surface area contributed by atoms with Crippen LogP contribution < -0.4 is 0 Å². The molecule has 1 aromatic rings. The Kier molecular flexibility index (Phi) is 3.30. The summed E-state index contributed by atoms with van der Waals surface area (Å²) in [6, 6.07) is 0.883. The minimum absolute atomic E-state index is 0.232. The van der Waals surface area contributed by atoms with Gasteiger partial charge in [-0.2, -0.15) is 13.2 Å². The number of alkyl halides is 3. The lowest BCUT2D eigenvalue weighted by Gasteiger charge is -2.21. The first kappa shape index (κ1) is 13.6. The van der Waals surface area contributed by atoms with E-state index < -0.39 is 17.5 Å². The molecule has 2 aliphatic carbocycles. The molecule has 108 valence electrons. The number of nitrogens with zero attached hydrogens (tertiary/aromatic N) is 1. The maximum absolute atomic E-state index is 12.9. The average Bonchev–Trinajstić information content (AvgIpc) is 3.00. The summed E-state index contributed by atoms with van der Waals surface area (Å²) in [5, 5.41) is 0. The van der Waals surface area contributed by atoms with Gasteiger partial charge in [0.25, 0.3) is 0 Å². The first-order valence-corrected chi connectivity index (χ1v) is 6.99. The number of rotatable bonds is 3. The van der Waals surface area contributed by atoms with Gasteiger partial charge < -0.3 is 0 Å². The number of carbonyl (C=O) groups is 1. The van der Waals surface area contributed by atoms with Crippen molar-refractivity contribution in [2.24, 2.45) is 17.8 Å². The monoisotopic (exact) mass is 283 g/mol. The van der Waals surface area contributed by atoms with Crippen LogP contribution >= 0.6 is 0 Å². The lowest BCUT2D eigenvalue weighted by atomic mass is 9.84. The number of halogens is 3. The van der Waals surface area contributed by atoms with Crippen molar-refractivity contribution in [3.63, 3.8) is 0 Å². The normalized spacial score (nSPS) is 28.9. The fourth-order valence-corrected chi connectivity index (χ4v) is 3.84. The molecule has 0 N–H and O–H groups in total. The van der Waals surface area contributed by atoms with E-state index in [9.17, 15) is 18.0 Å². The van der Waals surface area contributed by atoms with Crippen molar-refractivity contribution in [1.82, 2.24) is 4.98 Å². The van der Waals surface area contributed by atoms with Crippen molar-refractivity contribution >= 4 is 5.78 Å². The Bertz CT molecular complexity index is 526. The van der Waals surface area contributed by atoms with E-state index >= 15 is 0 Å². The molecule has 0 aromatic carbocycles. The quantitative estimate of drug-likeness (QED) is 0.781. The van der Waals surface area contributed by atoms with E-state index in [1.165, 1.54) is 6.42 Å². The molecular weight excluding hydrogens is 267 g/mol. The SMILES string of the molecule is O=C(CC1CC2CCC1C2)c1cnccc1C(F)(F)F. The first-order valence-electron chi connectivity index (χ1n) is 6.99. The van der Waals surface area contributed by atoms with Crippen molar-refractivity contribution in [3.8, 4) is 0 Å². The van der Waals surface area contributed by atoms with Crippen LogP contribution in [0.3, 0.4) is 0 Å². The van der Waals surface area contributed by atoms with Crippen LogP contribution in [-0.4, -0.2) is 10.8 Å². The van der Waals surface area contributed by atoms with Gasteiger partial charge in [0.05, 0.1) is 5.56 Å². The second-order valence-electron chi connectivity index (χ2n) is 5.98. The molecule has 3 atom stereocenters. The number of carbonyl (C=O) groups excluding carboxylic acids is 1. The molecular formula is C15H16F3NO. The Morgan fingerprint density at radius 1 is 1.30 bits per heavy atom. The average molecular weight is 283 g/mol. The highest BCUT2D eigenvalue weighted by molar-refractivity contribution is 5.97. The largest absolute Gasteiger partial charge is 0.417 e. The standard InChI is InChI=1S/C15H16F3NO/c16-15(17,18)13-3-4-19-8-12(13)14(20)7-11-6-9-1-2-10(11)5-9/h3-4,8-11H,1-2,5-7H2. The third kappa shape index (κ3) is 2.45. The van der Waals surface area contributed by atoms with Crippen molar-refractivity contribution in [2.75, 3.05) is 0 Å².